The number of carbonyl (C=O) groups is 3. The molecule has 0 aromatic heterocycles. The maximum atomic E-state index is 12.3. The second-order valence-electron chi connectivity index (χ2n) is 5.71. The maximum absolute atomic E-state index is 12.3. The van der Waals surface area contributed by atoms with E-state index in [4.69, 9.17) is 4.74 Å². The topological polar surface area (TPSA) is 87.7 Å². The van der Waals surface area contributed by atoms with Crippen molar-refractivity contribution in [2.45, 2.75) is 32.7 Å². The van der Waals surface area contributed by atoms with Crippen molar-refractivity contribution in [1.82, 2.24) is 10.2 Å². The molecule has 24 heavy (non-hydrogen) atoms. The highest BCUT2D eigenvalue weighted by atomic mass is 16.5. The largest absolute Gasteiger partial charge is 0.484 e. The maximum Gasteiger partial charge on any atom is 0.260 e. The van der Waals surface area contributed by atoms with Gasteiger partial charge in [-0.05, 0) is 31.2 Å². The van der Waals surface area contributed by atoms with Crippen LogP contribution in [0.1, 0.15) is 26.7 Å². The fraction of sp³-hybridized carbons (Fsp3) is 0.471. The summed E-state index contributed by atoms with van der Waals surface area (Å²) in [7, 11) is 0. The molecule has 1 aliphatic rings. The molecule has 1 fully saturated rings. The summed E-state index contributed by atoms with van der Waals surface area (Å²) >= 11 is 0. The molecule has 1 atom stereocenters. The molecule has 0 saturated carbocycles. The van der Waals surface area contributed by atoms with E-state index >= 15 is 0 Å². The lowest BCUT2D eigenvalue weighted by atomic mass is 10.2. The van der Waals surface area contributed by atoms with Gasteiger partial charge in [0.05, 0.1) is 0 Å². The zero-order valence-corrected chi connectivity index (χ0v) is 14.0. The molecule has 1 saturated heterocycles. The molecule has 0 unspecified atom stereocenters. The van der Waals surface area contributed by atoms with Gasteiger partial charge in [-0.2, -0.15) is 0 Å². The Bertz CT molecular complexity index is 600. The fourth-order valence-electron chi connectivity index (χ4n) is 2.38. The highest BCUT2D eigenvalue weighted by Gasteiger charge is 2.24. The van der Waals surface area contributed by atoms with Crippen molar-refractivity contribution in [2.24, 2.45) is 0 Å². The normalized spacial score (nSPS) is 17.7. The van der Waals surface area contributed by atoms with E-state index in [1.807, 2.05) is 6.92 Å². The number of benzene rings is 1. The molecule has 2 rings (SSSR count). The van der Waals surface area contributed by atoms with Gasteiger partial charge in [0, 0.05) is 37.7 Å². The van der Waals surface area contributed by atoms with Crippen molar-refractivity contribution >= 4 is 23.4 Å². The third-order valence-electron chi connectivity index (χ3n) is 3.85. The van der Waals surface area contributed by atoms with E-state index < -0.39 is 0 Å². The van der Waals surface area contributed by atoms with Crippen LogP contribution in [0.5, 0.6) is 5.75 Å². The first-order valence-corrected chi connectivity index (χ1v) is 8.08. The van der Waals surface area contributed by atoms with Crippen LogP contribution in [0.2, 0.25) is 0 Å². The lowest BCUT2D eigenvalue weighted by molar-refractivity contribution is -0.135. The van der Waals surface area contributed by atoms with Gasteiger partial charge in [0.2, 0.25) is 11.8 Å². The van der Waals surface area contributed by atoms with E-state index in [1.54, 1.807) is 36.1 Å². The molecule has 1 heterocycles. The molecule has 7 nitrogen and oxygen atoms in total. The Morgan fingerprint density at radius 1 is 1.33 bits per heavy atom. The van der Waals surface area contributed by atoms with Crippen LogP contribution in [0.15, 0.2) is 24.3 Å². The van der Waals surface area contributed by atoms with Gasteiger partial charge in [-0.15, -0.1) is 0 Å². The molecule has 0 aliphatic carbocycles. The first-order chi connectivity index (χ1) is 11.5. The van der Waals surface area contributed by atoms with Gasteiger partial charge in [-0.1, -0.05) is 6.92 Å². The summed E-state index contributed by atoms with van der Waals surface area (Å²) in [5.74, 6) is 0.303. The number of hydrogen-bond acceptors (Lipinski definition) is 4. The van der Waals surface area contributed by atoms with Crippen molar-refractivity contribution in [1.29, 1.82) is 0 Å². The molecule has 1 aliphatic heterocycles. The highest BCUT2D eigenvalue weighted by molar-refractivity contribution is 5.90. The molecule has 2 N–H and O–H groups in total. The van der Waals surface area contributed by atoms with Gasteiger partial charge in [0.1, 0.15) is 5.75 Å². The summed E-state index contributed by atoms with van der Waals surface area (Å²) in [5.41, 5.74) is 0.686. The van der Waals surface area contributed by atoms with Crippen LogP contribution in [0.3, 0.4) is 0 Å². The molecule has 0 bridgehead atoms. The second kappa shape index (κ2) is 8.33. The molecule has 0 spiro atoms. The number of amides is 3. The zero-order chi connectivity index (χ0) is 17.5. The van der Waals surface area contributed by atoms with Gasteiger partial charge in [-0.3, -0.25) is 14.4 Å². The van der Waals surface area contributed by atoms with Crippen molar-refractivity contribution in [3.8, 4) is 5.75 Å². The number of ether oxygens (including phenoxy) is 1. The molecule has 0 radical (unpaired) electrons. The zero-order valence-electron chi connectivity index (χ0n) is 14.0. The lowest BCUT2D eigenvalue weighted by Gasteiger charge is -2.26. The summed E-state index contributed by atoms with van der Waals surface area (Å²) in [6, 6.07) is 6.80. The number of nitrogens with one attached hydrogen (secondary N) is 2. The number of anilines is 1. The van der Waals surface area contributed by atoms with E-state index in [9.17, 15) is 14.4 Å². The third-order valence-corrected chi connectivity index (χ3v) is 3.85. The van der Waals surface area contributed by atoms with Gasteiger partial charge < -0.3 is 20.3 Å². The second-order valence-corrected chi connectivity index (χ2v) is 5.71. The predicted molar refractivity (Wildman–Crippen MR) is 89.7 cm³/mol. The first kappa shape index (κ1) is 17.8. The van der Waals surface area contributed by atoms with Gasteiger partial charge in [-0.25, -0.2) is 0 Å². The van der Waals surface area contributed by atoms with E-state index in [1.165, 1.54) is 0 Å². The van der Waals surface area contributed by atoms with E-state index in [-0.39, 0.29) is 30.4 Å². The number of carbonyl (C=O) groups excluding carboxylic acids is 3. The molecule has 7 heteroatoms. The summed E-state index contributed by atoms with van der Waals surface area (Å²) < 4.78 is 5.51. The predicted octanol–water partition coefficient (Wildman–Crippen LogP) is 1.15. The molecule has 130 valence electrons. The summed E-state index contributed by atoms with van der Waals surface area (Å²) in [6.45, 7) is 4.45. The number of hydrogen-bond donors (Lipinski definition) is 2. The van der Waals surface area contributed by atoms with Crippen molar-refractivity contribution in [3.05, 3.63) is 24.3 Å². The average molecular weight is 333 g/mol. The smallest absolute Gasteiger partial charge is 0.260 e. The first-order valence-electron chi connectivity index (χ1n) is 8.08. The van der Waals surface area contributed by atoms with E-state index in [0.717, 1.165) is 0 Å². The van der Waals surface area contributed by atoms with Crippen LogP contribution < -0.4 is 15.4 Å². The lowest BCUT2D eigenvalue weighted by Crippen LogP contribution is -2.44. The van der Waals surface area contributed by atoms with Crippen LogP contribution >= 0.6 is 0 Å². The minimum absolute atomic E-state index is 0.0391. The Hall–Kier alpha value is -2.57. The van der Waals surface area contributed by atoms with Gasteiger partial charge in [0.25, 0.3) is 5.91 Å². The van der Waals surface area contributed by atoms with Crippen LogP contribution in [0, 0.1) is 0 Å². The summed E-state index contributed by atoms with van der Waals surface area (Å²) in [5, 5.41) is 5.52. The van der Waals surface area contributed by atoms with Crippen molar-refractivity contribution < 1.29 is 19.1 Å². The van der Waals surface area contributed by atoms with E-state index in [0.29, 0.717) is 37.4 Å². The van der Waals surface area contributed by atoms with Gasteiger partial charge in [0.15, 0.2) is 6.61 Å². The van der Waals surface area contributed by atoms with Crippen LogP contribution in [0.4, 0.5) is 5.69 Å². The molecule has 1 aromatic rings. The van der Waals surface area contributed by atoms with Crippen LogP contribution in [-0.4, -0.2) is 48.4 Å². The van der Waals surface area contributed by atoms with Crippen molar-refractivity contribution in [3.63, 3.8) is 0 Å². The highest BCUT2D eigenvalue weighted by Crippen LogP contribution is 2.16. The Morgan fingerprint density at radius 3 is 2.71 bits per heavy atom. The van der Waals surface area contributed by atoms with Crippen molar-refractivity contribution in [2.75, 3.05) is 25.0 Å². The van der Waals surface area contributed by atoms with Crippen LogP contribution in [-0.2, 0) is 14.4 Å². The number of rotatable bonds is 5. The third kappa shape index (κ3) is 4.97. The summed E-state index contributed by atoms with van der Waals surface area (Å²) in [4.78, 5) is 36.7. The van der Waals surface area contributed by atoms with Gasteiger partial charge >= 0.3 is 0 Å². The average Bonchev–Trinajstić information content (AvgIpc) is 2.75. The Morgan fingerprint density at radius 2 is 2.04 bits per heavy atom. The molecular weight excluding hydrogens is 310 g/mol. The minimum Gasteiger partial charge on any atom is -0.484 e. The molecule has 1 aromatic carbocycles. The monoisotopic (exact) mass is 333 g/mol. The van der Waals surface area contributed by atoms with Crippen LogP contribution in [0.25, 0.3) is 0 Å². The Kier molecular flexibility index (Phi) is 6.17. The fourth-order valence-corrected chi connectivity index (χ4v) is 2.38. The quantitative estimate of drug-likeness (QED) is 0.846. The Balaban J connectivity index is 1.86. The standard InChI is InChI=1S/C17H23N3O4/c1-3-15(21)19-13-4-6-14(7-5-13)24-11-17(23)20-9-8-16(22)18-10-12(20)2/h4-7,12H,3,8-11H2,1-2H3,(H,18,22)(H,19,21)/t12-/m0/s1. The Labute approximate surface area is 141 Å². The minimum atomic E-state index is -0.151. The summed E-state index contributed by atoms with van der Waals surface area (Å²) in [6.07, 6.45) is 0.722. The number of nitrogens with zero attached hydrogens (tertiary/aromatic N) is 1. The van der Waals surface area contributed by atoms with E-state index in [2.05, 4.69) is 10.6 Å². The molecular formula is C17H23N3O4. The molecule has 3 amide bonds. The SMILES string of the molecule is CCC(=O)Nc1ccc(OCC(=O)N2CCC(=O)NC[C@@H]2C)cc1.